The molecule has 6 nitrogen and oxygen atoms in total. The van der Waals surface area contributed by atoms with E-state index in [9.17, 15) is 0 Å². The van der Waals surface area contributed by atoms with Crippen molar-refractivity contribution in [3.8, 4) is 17.2 Å². The van der Waals surface area contributed by atoms with E-state index in [-0.39, 0.29) is 12.1 Å². The molecule has 0 aliphatic carbocycles. The second kappa shape index (κ2) is 8.96. The van der Waals surface area contributed by atoms with Gasteiger partial charge in [-0.05, 0) is 60.7 Å². The summed E-state index contributed by atoms with van der Waals surface area (Å²) in [7, 11) is 3.36. The van der Waals surface area contributed by atoms with Gasteiger partial charge in [-0.2, -0.15) is 0 Å². The van der Waals surface area contributed by atoms with Crippen LogP contribution in [0.5, 0.6) is 11.5 Å². The summed E-state index contributed by atoms with van der Waals surface area (Å²) in [4.78, 5) is 6.78. The number of para-hydroxylation sites is 2. The number of thiocarbonyl (C=S) groups is 1. The van der Waals surface area contributed by atoms with Crippen molar-refractivity contribution in [1.82, 2.24) is 14.9 Å². The first kappa shape index (κ1) is 21.0. The second-order valence-corrected chi connectivity index (χ2v) is 8.06. The lowest BCUT2D eigenvalue weighted by Gasteiger charge is -2.29. The second-order valence-electron chi connectivity index (χ2n) is 7.67. The molecular weight excluding hydrogens is 432 g/mol. The Morgan fingerprint density at radius 3 is 2.55 bits per heavy atom. The van der Waals surface area contributed by atoms with E-state index in [0.717, 1.165) is 34.3 Å². The van der Waals surface area contributed by atoms with Crippen molar-refractivity contribution >= 4 is 23.0 Å². The molecule has 5 rings (SSSR count). The first-order chi connectivity index (χ1) is 16.2. The average molecular weight is 457 g/mol. The maximum Gasteiger partial charge on any atom is 0.174 e. The van der Waals surface area contributed by atoms with E-state index >= 15 is 0 Å². The van der Waals surface area contributed by atoms with Crippen LogP contribution in [0.1, 0.15) is 23.5 Å². The van der Waals surface area contributed by atoms with Crippen LogP contribution in [0.3, 0.4) is 0 Å². The molecule has 33 heavy (non-hydrogen) atoms. The molecule has 7 heteroatoms. The predicted molar refractivity (Wildman–Crippen MR) is 133 cm³/mol. The molecule has 0 radical (unpaired) electrons. The Kier molecular flexibility index (Phi) is 5.71. The quantitative estimate of drug-likeness (QED) is 0.409. The monoisotopic (exact) mass is 456 g/mol. The number of nitrogens with one attached hydrogen (secondary N) is 1. The van der Waals surface area contributed by atoms with Crippen LogP contribution in [0.2, 0.25) is 0 Å². The molecule has 2 aromatic heterocycles. The van der Waals surface area contributed by atoms with Crippen molar-refractivity contribution in [3.63, 3.8) is 0 Å². The lowest BCUT2D eigenvalue weighted by Crippen LogP contribution is -2.30. The number of nitrogens with zero attached hydrogens (tertiary/aromatic N) is 3. The minimum Gasteiger partial charge on any atom is -0.497 e. The lowest BCUT2D eigenvalue weighted by molar-refractivity contribution is 0.412. The molecule has 166 valence electrons. The number of pyridine rings is 1. The van der Waals surface area contributed by atoms with Gasteiger partial charge in [-0.3, -0.25) is 4.98 Å². The molecule has 0 saturated carbocycles. The summed E-state index contributed by atoms with van der Waals surface area (Å²) >= 11 is 5.85. The van der Waals surface area contributed by atoms with Gasteiger partial charge in [0.1, 0.15) is 17.5 Å². The molecule has 1 saturated heterocycles. The van der Waals surface area contributed by atoms with Crippen LogP contribution < -0.4 is 19.7 Å². The summed E-state index contributed by atoms with van der Waals surface area (Å²) in [5.41, 5.74) is 3.89. The van der Waals surface area contributed by atoms with Crippen LogP contribution in [0, 0.1) is 0 Å². The SMILES string of the molecule is COc1cccc(N2C(=S)NC(c3ccccn3)C2c2cccn2-c2ccccc2OC)c1. The molecule has 1 N–H and O–H groups in total. The standard InChI is InChI=1S/C26H24N4O2S/c1-31-19-10-7-9-18(17-19)30-25(24(28-26(30)33)20-11-5-6-15-27-20)22-13-8-16-29(22)21-12-3-4-14-23(21)32-2/h3-17,24-25H,1-2H3,(H,28,33). The van der Waals surface area contributed by atoms with Gasteiger partial charge in [0.25, 0.3) is 0 Å². The van der Waals surface area contributed by atoms with Gasteiger partial charge in [-0.15, -0.1) is 0 Å². The van der Waals surface area contributed by atoms with Crippen LogP contribution in [0.4, 0.5) is 5.69 Å². The number of hydrogen-bond donors (Lipinski definition) is 1. The first-order valence-corrected chi connectivity index (χ1v) is 11.1. The molecule has 4 aromatic rings. The third-order valence-electron chi connectivity index (χ3n) is 5.86. The Hall–Kier alpha value is -3.84. The van der Waals surface area contributed by atoms with Crippen LogP contribution in [-0.2, 0) is 0 Å². The summed E-state index contributed by atoms with van der Waals surface area (Å²) in [6.07, 6.45) is 3.86. The van der Waals surface area contributed by atoms with E-state index in [1.54, 1.807) is 14.2 Å². The van der Waals surface area contributed by atoms with Crippen molar-refractivity contribution < 1.29 is 9.47 Å². The number of hydrogen-bond acceptors (Lipinski definition) is 4. The summed E-state index contributed by atoms with van der Waals surface area (Å²) in [5.74, 6) is 1.57. The molecule has 2 aromatic carbocycles. The fourth-order valence-corrected chi connectivity index (χ4v) is 4.72. The first-order valence-electron chi connectivity index (χ1n) is 10.7. The minimum absolute atomic E-state index is 0.145. The largest absolute Gasteiger partial charge is 0.497 e. The molecule has 0 spiro atoms. The number of rotatable bonds is 6. The van der Waals surface area contributed by atoms with E-state index in [0.29, 0.717) is 5.11 Å². The molecule has 1 aliphatic heterocycles. The highest BCUT2D eigenvalue weighted by Crippen LogP contribution is 2.43. The lowest BCUT2D eigenvalue weighted by atomic mass is 10.0. The number of methoxy groups -OCH3 is 2. The van der Waals surface area contributed by atoms with Crippen molar-refractivity contribution in [2.45, 2.75) is 12.1 Å². The Morgan fingerprint density at radius 2 is 1.76 bits per heavy atom. The Labute approximate surface area is 198 Å². The van der Waals surface area contributed by atoms with Crippen LogP contribution in [0.15, 0.2) is 91.3 Å². The molecular formula is C26H24N4O2S. The Balaban J connectivity index is 1.68. The third-order valence-corrected chi connectivity index (χ3v) is 6.17. The Bertz CT molecular complexity index is 1270. The topological polar surface area (TPSA) is 51.5 Å². The van der Waals surface area contributed by atoms with Crippen molar-refractivity contribution in [2.75, 3.05) is 19.1 Å². The number of anilines is 1. The van der Waals surface area contributed by atoms with E-state index in [1.807, 2.05) is 79.1 Å². The molecule has 0 bridgehead atoms. The predicted octanol–water partition coefficient (Wildman–Crippen LogP) is 5.07. The maximum absolute atomic E-state index is 5.85. The normalized spacial score (nSPS) is 17.6. The summed E-state index contributed by atoms with van der Waals surface area (Å²) in [6, 6.07) is 25.7. The number of benzene rings is 2. The van der Waals surface area contributed by atoms with Gasteiger partial charge in [-0.25, -0.2) is 0 Å². The number of ether oxygens (including phenoxy) is 2. The van der Waals surface area contributed by atoms with Gasteiger partial charge in [0.2, 0.25) is 0 Å². The van der Waals surface area contributed by atoms with Gasteiger partial charge < -0.3 is 24.3 Å². The van der Waals surface area contributed by atoms with Crippen molar-refractivity contribution in [1.29, 1.82) is 0 Å². The van der Waals surface area contributed by atoms with Crippen LogP contribution in [0.25, 0.3) is 5.69 Å². The zero-order valence-electron chi connectivity index (χ0n) is 18.4. The molecule has 0 amide bonds. The van der Waals surface area contributed by atoms with Crippen LogP contribution in [-0.4, -0.2) is 28.9 Å². The highest BCUT2D eigenvalue weighted by Gasteiger charge is 2.42. The van der Waals surface area contributed by atoms with E-state index < -0.39 is 0 Å². The highest BCUT2D eigenvalue weighted by atomic mass is 32.1. The molecule has 2 unspecified atom stereocenters. The fraction of sp³-hybridized carbons (Fsp3) is 0.154. The smallest absolute Gasteiger partial charge is 0.174 e. The average Bonchev–Trinajstić information content (AvgIpc) is 3.48. The van der Waals surface area contributed by atoms with Crippen molar-refractivity contribution in [3.05, 3.63) is 103 Å². The van der Waals surface area contributed by atoms with E-state index in [4.69, 9.17) is 21.7 Å². The highest BCUT2D eigenvalue weighted by molar-refractivity contribution is 7.80. The third kappa shape index (κ3) is 3.81. The fourth-order valence-electron chi connectivity index (χ4n) is 4.38. The molecule has 3 heterocycles. The van der Waals surface area contributed by atoms with E-state index in [2.05, 4.69) is 31.9 Å². The summed E-state index contributed by atoms with van der Waals surface area (Å²) in [5, 5.41) is 4.15. The minimum atomic E-state index is -0.153. The van der Waals surface area contributed by atoms with Gasteiger partial charge in [0, 0.05) is 29.8 Å². The van der Waals surface area contributed by atoms with E-state index in [1.165, 1.54) is 0 Å². The van der Waals surface area contributed by atoms with Gasteiger partial charge in [-0.1, -0.05) is 24.3 Å². The van der Waals surface area contributed by atoms with Gasteiger partial charge in [0.05, 0.1) is 31.6 Å². The van der Waals surface area contributed by atoms with Gasteiger partial charge >= 0.3 is 0 Å². The molecule has 1 aliphatic rings. The summed E-state index contributed by atoms with van der Waals surface area (Å²) < 4.78 is 13.3. The zero-order chi connectivity index (χ0) is 22.8. The van der Waals surface area contributed by atoms with Crippen molar-refractivity contribution in [2.24, 2.45) is 0 Å². The van der Waals surface area contributed by atoms with Crippen LogP contribution >= 0.6 is 12.2 Å². The van der Waals surface area contributed by atoms with Gasteiger partial charge in [0.15, 0.2) is 5.11 Å². The number of aromatic nitrogens is 2. The zero-order valence-corrected chi connectivity index (χ0v) is 19.2. The molecule has 2 atom stereocenters. The Morgan fingerprint density at radius 1 is 0.909 bits per heavy atom. The molecule has 1 fully saturated rings. The maximum atomic E-state index is 5.85. The summed E-state index contributed by atoms with van der Waals surface area (Å²) in [6.45, 7) is 0.